The molecule has 28 heavy (non-hydrogen) atoms. The molecule has 0 aromatic heterocycles. The van der Waals surface area contributed by atoms with Gasteiger partial charge in [-0.2, -0.15) is 79.0 Å². The van der Waals surface area contributed by atoms with Gasteiger partial charge in [0.1, 0.15) is 0 Å². The molecule has 0 N–H and O–H groups in total. The molecular formula is C10F18. The number of alkyl halides is 18. The zero-order valence-corrected chi connectivity index (χ0v) is 11.8. The van der Waals surface area contributed by atoms with Crippen molar-refractivity contribution in [1.82, 2.24) is 0 Å². The van der Waals surface area contributed by atoms with Gasteiger partial charge in [0.25, 0.3) is 10.8 Å². The first kappa shape index (κ1) is 23.0. The van der Waals surface area contributed by atoms with Crippen LogP contribution in [0.3, 0.4) is 0 Å². The van der Waals surface area contributed by atoms with Gasteiger partial charge in [-0.05, 0) is 0 Å². The van der Waals surface area contributed by atoms with Crippen molar-refractivity contribution in [2.24, 2.45) is 10.8 Å². The van der Waals surface area contributed by atoms with Crippen molar-refractivity contribution in [2.45, 2.75) is 47.9 Å². The monoisotopic (exact) mass is 462 g/mol. The van der Waals surface area contributed by atoms with Gasteiger partial charge in [-0.15, -0.1) is 0 Å². The lowest BCUT2D eigenvalue weighted by molar-refractivity contribution is -0.634. The van der Waals surface area contributed by atoms with Gasteiger partial charge in [-0.1, -0.05) is 0 Å². The Morgan fingerprint density at radius 1 is 0.286 bits per heavy atom. The number of halogens is 18. The van der Waals surface area contributed by atoms with E-state index in [2.05, 4.69) is 0 Å². The summed E-state index contributed by atoms with van der Waals surface area (Å²) in [4.78, 5) is 0. The normalized spacial score (nSPS) is 39.6. The van der Waals surface area contributed by atoms with Gasteiger partial charge >= 0.3 is 47.9 Å². The SMILES string of the molecule is FC(F)(F)C12C(F)(F)C(F)(F)C(C(F)(F)F)(C(F)(F)C1(F)F)C(F)(F)C2(F)F. The van der Waals surface area contributed by atoms with E-state index in [4.69, 9.17) is 0 Å². The standard InChI is InChI=1S/C10F18/c11-3(12)1(9(23,24)25)4(13,14)7(19,20)2(6(3,17)18,10(26,27)28)8(21,22)5(1,15)16. The zero-order valence-electron chi connectivity index (χ0n) is 11.8. The van der Waals surface area contributed by atoms with Crippen molar-refractivity contribution in [3.8, 4) is 0 Å². The van der Waals surface area contributed by atoms with Crippen LogP contribution in [-0.2, 0) is 0 Å². The van der Waals surface area contributed by atoms with Gasteiger partial charge in [0.15, 0.2) is 0 Å². The van der Waals surface area contributed by atoms with Crippen molar-refractivity contribution in [1.29, 1.82) is 0 Å². The molecule has 0 nitrogen and oxygen atoms in total. The molecule has 3 aliphatic carbocycles. The summed E-state index contributed by atoms with van der Waals surface area (Å²) in [5.74, 6) is -50.8. The van der Waals surface area contributed by atoms with Crippen LogP contribution in [0, 0.1) is 10.8 Å². The van der Waals surface area contributed by atoms with E-state index in [-0.39, 0.29) is 0 Å². The maximum Gasteiger partial charge on any atom is 0.412 e. The third kappa shape index (κ3) is 1.46. The lowest BCUT2D eigenvalue weighted by Gasteiger charge is -2.69. The molecule has 0 atom stereocenters. The highest BCUT2D eigenvalue weighted by atomic mass is 19.4. The van der Waals surface area contributed by atoms with Crippen molar-refractivity contribution >= 4 is 0 Å². The summed E-state index contributed by atoms with van der Waals surface area (Å²) in [5.41, 5.74) is -17.2. The number of hydrogen-bond acceptors (Lipinski definition) is 0. The molecule has 2 bridgehead atoms. The molecule has 0 radical (unpaired) electrons. The van der Waals surface area contributed by atoms with E-state index in [0.29, 0.717) is 0 Å². The summed E-state index contributed by atoms with van der Waals surface area (Å²) in [6.07, 6.45) is -16.8. The third-order valence-corrected chi connectivity index (χ3v) is 4.86. The zero-order chi connectivity index (χ0) is 23.0. The maximum absolute atomic E-state index is 13.7. The average molecular weight is 462 g/mol. The minimum absolute atomic E-state index is 8.38. The first-order valence-electron chi connectivity index (χ1n) is 6.15. The van der Waals surface area contributed by atoms with Crippen molar-refractivity contribution in [2.75, 3.05) is 0 Å². The van der Waals surface area contributed by atoms with E-state index < -0.39 is 58.7 Å². The highest BCUT2D eigenvalue weighted by molar-refractivity contribution is 5.42. The van der Waals surface area contributed by atoms with Gasteiger partial charge in [0.2, 0.25) is 0 Å². The minimum atomic E-state index is -8.59. The van der Waals surface area contributed by atoms with Crippen molar-refractivity contribution < 1.29 is 79.0 Å². The first-order chi connectivity index (χ1) is 11.8. The second kappa shape index (κ2) is 4.57. The molecule has 0 spiro atoms. The minimum Gasteiger partial charge on any atom is -0.198 e. The molecule has 18 heteroatoms. The van der Waals surface area contributed by atoms with Gasteiger partial charge in [0.05, 0.1) is 0 Å². The Bertz CT molecular complexity index is 556. The molecule has 3 rings (SSSR count). The Hall–Kier alpha value is -1.26. The Balaban J connectivity index is 3.39. The van der Waals surface area contributed by atoms with E-state index in [1.165, 1.54) is 0 Å². The predicted octanol–water partition coefficient (Wildman–Crippen LogP) is 5.92. The van der Waals surface area contributed by atoms with Crippen LogP contribution >= 0.6 is 0 Å². The second-order valence-electron chi connectivity index (χ2n) is 5.94. The summed E-state index contributed by atoms with van der Waals surface area (Å²) in [5, 5.41) is 0. The lowest BCUT2D eigenvalue weighted by Crippen LogP contribution is -3.00. The van der Waals surface area contributed by atoms with E-state index in [1.807, 2.05) is 0 Å². The van der Waals surface area contributed by atoms with Crippen LogP contribution in [0.15, 0.2) is 0 Å². The molecule has 3 fully saturated rings. The Labute approximate surface area is 139 Å². The van der Waals surface area contributed by atoms with Gasteiger partial charge in [-0.25, -0.2) is 0 Å². The number of rotatable bonds is 0. The highest BCUT2D eigenvalue weighted by Crippen LogP contribution is 2.90. The van der Waals surface area contributed by atoms with Crippen LogP contribution in [0.4, 0.5) is 79.0 Å². The molecule has 0 unspecified atom stereocenters. The van der Waals surface area contributed by atoms with Gasteiger partial charge in [-0.3, -0.25) is 0 Å². The number of fused-ring (bicyclic) bond motifs is 3. The fraction of sp³-hybridized carbons (Fsp3) is 1.00. The summed E-state index contributed by atoms with van der Waals surface area (Å²) in [7, 11) is 0. The summed E-state index contributed by atoms with van der Waals surface area (Å²) >= 11 is 0. The average Bonchev–Trinajstić information content (AvgIpc) is 2.30. The predicted molar refractivity (Wildman–Crippen MR) is 46.7 cm³/mol. The van der Waals surface area contributed by atoms with Crippen LogP contribution in [-0.4, -0.2) is 47.9 Å². The van der Waals surface area contributed by atoms with Crippen LogP contribution in [0.25, 0.3) is 0 Å². The topological polar surface area (TPSA) is 0 Å². The molecule has 3 saturated carbocycles. The highest BCUT2D eigenvalue weighted by Gasteiger charge is 3.20. The molecule has 0 aliphatic heterocycles. The van der Waals surface area contributed by atoms with Crippen molar-refractivity contribution in [3.05, 3.63) is 0 Å². The maximum atomic E-state index is 13.7. The molecule has 0 aromatic rings. The third-order valence-electron chi connectivity index (χ3n) is 4.86. The van der Waals surface area contributed by atoms with Crippen molar-refractivity contribution in [3.63, 3.8) is 0 Å². The Kier molecular flexibility index (Phi) is 3.75. The van der Waals surface area contributed by atoms with E-state index in [1.54, 1.807) is 0 Å². The number of hydrogen-bond donors (Lipinski definition) is 0. The fourth-order valence-corrected chi connectivity index (χ4v) is 3.66. The fourth-order valence-electron chi connectivity index (χ4n) is 3.66. The largest absolute Gasteiger partial charge is 0.412 e. The van der Waals surface area contributed by atoms with E-state index >= 15 is 0 Å². The molecular weight excluding hydrogens is 462 g/mol. The smallest absolute Gasteiger partial charge is 0.198 e. The van der Waals surface area contributed by atoms with Crippen LogP contribution < -0.4 is 0 Å². The first-order valence-corrected chi connectivity index (χ1v) is 6.15. The van der Waals surface area contributed by atoms with Crippen LogP contribution in [0.2, 0.25) is 0 Å². The van der Waals surface area contributed by atoms with Gasteiger partial charge < -0.3 is 0 Å². The second-order valence-corrected chi connectivity index (χ2v) is 5.94. The summed E-state index contributed by atoms with van der Waals surface area (Å²) < 4.78 is 241. The quantitative estimate of drug-likeness (QED) is 0.392. The van der Waals surface area contributed by atoms with E-state index in [9.17, 15) is 79.0 Å². The lowest BCUT2D eigenvalue weighted by atomic mass is 9.42. The Morgan fingerprint density at radius 3 is 0.464 bits per heavy atom. The Morgan fingerprint density at radius 2 is 0.393 bits per heavy atom. The molecule has 0 aromatic carbocycles. The molecule has 0 saturated heterocycles. The van der Waals surface area contributed by atoms with Crippen LogP contribution in [0.1, 0.15) is 0 Å². The molecule has 0 heterocycles. The molecule has 166 valence electrons. The van der Waals surface area contributed by atoms with Crippen LogP contribution in [0.5, 0.6) is 0 Å². The summed E-state index contributed by atoms with van der Waals surface area (Å²) in [6.45, 7) is 0. The molecule has 3 aliphatic rings. The van der Waals surface area contributed by atoms with Gasteiger partial charge in [0, 0.05) is 0 Å². The van der Waals surface area contributed by atoms with E-state index in [0.717, 1.165) is 0 Å². The molecule has 0 amide bonds. The summed E-state index contributed by atoms with van der Waals surface area (Å²) in [6, 6.07) is 0.